The first-order chi connectivity index (χ1) is 10.1. The highest BCUT2D eigenvalue weighted by Gasteiger charge is 2.09. The molecule has 0 aliphatic heterocycles. The minimum Gasteiger partial charge on any atom is -0.465 e. The zero-order valence-corrected chi connectivity index (χ0v) is 13.1. The molecule has 1 atom stereocenters. The van der Waals surface area contributed by atoms with Crippen molar-refractivity contribution in [2.45, 2.75) is 45.1 Å². The summed E-state index contributed by atoms with van der Waals surface area (Å²) in [5, 5.41) is 8.52. The molecule has 5 nitrogen and oxygen atoms in total. The predicted molar refractivity (Wildman–Crippen MR) is 79.0 cm³/mol. The topological polar surface area (TPSA) is 76.4 Å². The normalized spacial score (nSPS) is 11.5. The summed E-state index contributed by atoms with van der Waals surface area (Å²) in [4.78, 5) is 24.4. The average molecular weight is 309 g/mol. The van der Waals surface area contributed by atoms with Gasteiger partial charge in [0, 0.05) is 11.3 Å². The Bertz CT molecular complexity index is 518. The van der Waals surface area contributed by atoms with E-state index < -0.39 is 6.10 Å². The SMILES string of the molecule is COC(=O)c1ccc(CCCCCC(=O)OC(C)C#N)s1. The van der Waals surface area contributed by atoms with Crippen molar-refractivity contribution in [2.75, 3.05) is 7.11 Å². The zero-order chi connectivity index (χ0) is 15.7. The molecule has 0 fully saturated rings. The van der Waals surface area contributed by atoms with Crippen molar-refractivity contribution < 1.29 is 19.1 Å². The molecular formula is C15H19NO4S. The van der Waals surface area contributed by atoms with Gasteiger partial charge in [0.25, 0.3) is 0 Å². The number of ether oxygens (including phenoxy) is 2. The lowest BCUT2D eigenvalue weighted by atomic mass is 10.1. The largest absolute Gasteiger partial charge is 0.465 e. The fourth-order valence-electron chi connectivity index (χ4n) is 1.75. The van der Waals surface area contributed by atoms with Crippen LogP contribution in [0, 0.1) is 11.3 Å². The maximum atomic E-state index is 11.3. The van der Waals surface area contributed by atoms with Gasteiger partial charge in [0.2, 0.25) is 0 Å². The molecule has 1 aromatic rings. The first kappa shape index (κ1) is 17.2. The third-order valence-corrected chi connectivity index (χ3v) is 3.97. The molecule has 0 aliphatic rings. The summed E-state index contributed by atoms with van der Waals surface area (Å²) in [6.45, 7) is 1.55. The highest BCUT2D eigenvalue weighted by atomic mass is 32.1. The average Bonchev–Trinajstić information content (AvgIpc) is 2.94. The molecule has 0 saturated heterocycles. The molecule has 6 heteroatoms. The summed E-state index contributed by atoms with van der Waals surface area (Å²) in [6.07, 6.45) is 3.13. The van der Waals surface area contributed by atoms with E-state index in [2.05, 4.69) is 4.74 Å². The molecule has 1 aromatic heterocycles. The van der Waals surface area contributed by atoms with E-state index in [-0.39, 0.29) is 11.9 Å². The molecule has 0 aliphatic carbocycles. The number of methoxy groups -OCH3 is 1. The number of esters is 2. The van der Waals surface area contributed by atoms with Crippen LogP contribution < -0.4 is 0 Å². The number of hydrogen-bond donors (Lipinski definition) is 0. The number of nitriles is 1. The maximum absolute atomic E-state index is 11.3. The van der Waals surface area contributed by atoms with E-state index in [9.17, 15) is 9.59 Å². The van der Waals surface area contributed by atoms with Gasteiger partial charge in [-0.15, -0.1) is 11.3 Å². The summed E-state index contributed by atoms with van der Waals surface area (Å²) >= 11 is 1.44. The van der Waals surface area contributed by atoms with Gasteiger partial charge in [-0.25, -0.2) is 4.79 Å². The maximum Gasteiger partial charge on any atom is 0.348 e. The Labute approximate surface area is 128 Å². The van der Waals surface area contributed by atoms with Gasteiger partial charge in [-0.2, -0.15) is 5.26 Å². The summed E-state index contributed by atoms with van der Waals surface area (Å²) in [5.41, 5.74) is 0. The standard InChI is InChI=1S/C15H19NO4S/c1-11(10-16)20-14(17)7-5-3-4-6-12-8-9-13(21-12)15(18)19-2/h8-9,11H,3-7H2,1-2H3. The van der Waals surface area contributed by atoms with Gasteiger partial charge in [-0.3, -0.25) is 4.79 Å². The van der Waals surface area contributed by atoms with Gasteiger partial charge in [-0.1, -0.05) is 6.42 Å². The molecule has 0 spiro atoms. The van der Waals surface area contributed by atoms with Crippen molar-refractivity contribution in [3.05, 3.63) is 21.9 Å². The highest BCUT2D eigenvalue weighted by molar-refractivity contribution is 7.13. The third-order valence-electron chi connectivity index (χ3n) is 2.84. The summed E-state index contributed by atoms with van der Waals surface area (Å²) in [6, 6.07) is 5.56. The minimum atomic E-state index is -0.680. The lowest BCUT2D eigenvalue weighted by Crippen LogP contribution is -2.12. The van der Waals surface area contributed by atoms with Gasteiger partial charge in [0.05, 0.1) is 7.11 Å². The molecule has 0 bridgehead atoms. The molecule has 114 valence electrons. The first-order valence-electron chi connectivity index (χ1n) is 6.83. The second-order valence-electron chi connectivity index (χ2n) is 4.58. The quantitative estimate of drug-likeness (QED) is 0.545. The van der Waals surface area contributed by atoms with Crippen molar-refractivity contribution in [3.63, 3.8) is 0 Å². The molecule has 0 radical (unpaired) electrons. The van der Waals surface area contributed by atoms with Gasteiger partial charge in [-0.05, 0) is 38.3 Å². The van der Waals surface area contributed by atoms with Crippen LogP contribution in [0.25, 0.3) is 0 Å². The van der Waals surface area contributed by atoms with Crippen LogP contribution in [0.15, 0.2) is 12.1 Å². The predicted octanol–water partition coefficient (Wildman–Crippen LogP) is 3.09. The van der Waals surface area contributed by atoms with Crippen molar-refractivity contribution in [1.82, 2.24) is 0 Å². The Morgan fingerprint density at radius 3 is 2.76 bits per heavy atom. The van der Waals surface area contributed by atoms with E-state index in [1.165, 1.54) is 18.4 Å². The monoisotopic (exact) mass is 309 g/mol. The lowest BCUT2D eigenvalue weighted by Gasteiger charge is -2.05. The fraction of sp³-hybridized carbons (Fsp3) is 0.533. The Morgan fingerprint density at radius 1 is 1.33 bits per heavy atom. The van der Waals surface area contributed by atoms with Crippen LogP contribution in [0.1, 0.15) is 47.2 Å². The number of rotatable bonds is 8. The molecule has 21 heavy (non-hydrogen) atoms. The highest BCUT2D eigenvalue weighted by Crippen LogP contribution is 2.19. The number of carbonyl (C=O) groups is 2. The van der Waals surface area contributed by atoms with Crippen molar-refractivity contribution in [3.8, 4) is 6.07 Å². The second kappa shape index (κ2) is 9.14. The van der Waals surface area contributed by atoms with Crippen LogP contribution in [0.3, 0.4) is 0 Å². The van der Waals surface area contributed by atoms with Crippen molar-refractivity contribution >= 4 is 23.3 Å². The van der Waals surface area contributed by atoms with Gasteiger partial charge in [0.15, 0.2) is 6.10 Å². The van der Waals surface area contributed by atoms with E-state index in [1.807, 2.05) is 12.1 Å². The molecule has 0 aromatic carbocycles. The number of unbranched alkanes of at least 4 members (excludes halogenated alkanes) is 2. The number of nitrogens with zero attached hydrogens (tertiary/aromatic N) is 1. The van der Waals surface area contributed by atoms with E-state index in [1.54, 1.807) is 13.0 Å². The number of aryl methyl sites for hydroxylation is 1. The van der Waals surface area contributed by atoms with E-state index in [0.717, 1.165) is 30.6 Å². The van der Waals surface area contributed by atoms with Gasteiger partial charge in [0.1, 0.15) is 10.9 Å². The molecular weight excluding hydrogens is 290 g/mol. The smallest absolute Gasteiger partial charge is 0.348 e. The van der Waals surface area contributed by atoms with Crippen LogP contribution in [0.2, 0.25) is 0 Å². The number of hydrogen-bond acceptors (Lipinski definition) is 6. The Balaban J connectivity index is 2.17. The molecule has 0 amide bonds. The Hall–Kier alpha value is -1.87. The first-order valence-corrected chi connectivity index (χ1v) is 7.64. The van der Waals surface area contributed by atoms with Crippen LogP contribution >= 0.6 is 11.3 Å². The molecule has 0 N–H and O–H groups in total. The molecule has 0 saturated carbocycles. The van der Waals surface area contributed by atoms with Crippen LogP contribution in [0.5, 0.6) is 0 Å². The van der Waals surface area contributed by atoms with Crippen molar-refractivity contribution in [2.24, 2.45) is 0 Å². The Kier molecular flexibility index (Phi) is 7.48. The minimum absolute atomic E-state index is 0.305. The molecule has 1 unspecified atom stereocenters. The zero-order valence-electron chi connectivity index (χ0n) is 12.3. The number of thiophene rings is 1. The molecule has 1 rings (SSSR count). The van der Waals surface area contributed by atoms with E-state index >= 15 is 0 Å². The fourth-order valence-corrected chi connectivity index (χ4v) is 2.72. The summed E-state index contributed by atoms with van der Waals surface area (Å²) < 4.78 is 9.51. The summed E-state index contributed by atoms with van der Waals surface area (Å²) in [7, 11) is 1.37. The number of carbonyl (C=O) groups excluding carboxylic acids is 2. The van der Waals surface area contributed by atoms with E-state index in [4.69, 9.17) is 10.00 Å². The Morgan fingerprint density at radius 2 is 2.10 bits per heavy atom. The van der Waals surface area contributed by atoms with Crippen LogP contribution in [-0.4, -0.2) is 25.2 Å². The molecule has 1 heterocycles. The van der Waals surface area contributed by atoms with Crippen molar-refractivity contribution in [1.29, 1.82) is 5.26 Å². The third kappa shape index (κ3) is 6.41. The van der Waals surface area contributed by atoms with E-state index in [0.29, 0.717) is 11.3 Å². The summed E-state index contributed by atoms with van der Waals surface area (Å²) in [5.74, 6) is -0.631. The van der Waals surface area contributed by atoms with Crippen LogP contribution in [-0.2, 0) is 20.7 Å². The second-order valence-corrected chi connectivity index (χ2v) is 5.75. The van der Waals surface area contributed by atoms with Crippen LogP contribution in [0.4, 0.5) is 0 Å². The lowest BCUT2D eigenvalue weighted by molar-refractivity contribution is -0.146. The van der Waals surface area contributed by atoms with Gasteiger partial charge < -0.3 is 9.47 Å². The van der Waals surface area contributed by atoms with Gasteiger partial charge >= 0.3 is 11.9 Å².